The second kappa shape index (κ2) is 7.81. The Balaban J connectivity index is 2.87. The molecule has 0 radical (unpaired) electrons. The Morgan fingerprint density at radius 2 is 2.10 bits per heavy atom. The number of nitrogens with one attached hydrogen (secondary N) is 1. The molecule has 0 saturated carbocycles. The lowest BCUT2D eigenvalue weighted by molar-refractivity contribution is -0.143. The third kappa shape index (κ3) is 4.47. The fraction of sp³-hybridized carbons (Fsp3) is 0.500. The maximum atomic E-state index is 13.7. The molecule has 1 aromatic carbocycles. The summed E-state index contributed by atoms with van der Waals surface area (Å²) < 4.78 is 23.3. The minimum absolute atomic E-state index is 0.144. The van der Waals surface area contributed by atoms with Crippen molar-refractivity contribution in [3.63, 3.8) is 0 Å². The van der Waals surface area contributed by atoms with Gasteiger partial charge in [-0.15, -0.1) is 0 Å². The normalized spacial score (nSPS) is 12.3. The van der Waals surface area contributed by atoms with Crippen LogP contribution in [-0.2, 0) is 9.53 Å². The highest BCUT2D eigenvalue weighted by molar-refractivity contribution is 5.77. The van der Waals surface area contributed by atoms with Crippen molar-refractivity contribution in [3.8, 4) is 5.75 Å². The van der Waals surface area contributed by atoms with Crippen LogP contribution >= 0.6 is 0 Å². The summed E-state index contributed by atoms with van der Waals surface area (Å²) in [6, 6.07) is 3.73. The van der Waals surface area contributed by atoms with Crippen molar-refractivity contribution in [2.24, 2.45) is 0 Å². The first kappa shape index (κ1) is 16.4. The maximum Gasteiger partial charge on any atom is 0.327 e. The zero-order valence-corrected chi connectivity index (χ0v) is 12.3. The first-order valence-electron chi connectivity index (χ1n) is 6.29. The van der Waals surface area contributed by atoms with Crippen LogP contribution in [0.2, 0.25) is 0 Å². The van der Waals surface area contributed by atoms with Gasteiger partial charge in [0, 0.05) is 13.1 Å². The Labute approximate surface area is 118 Å². The summed E-state index contributed by atoms with van der Waals surface area (Å²) in [7, 11) is 6.57. The molecule has 0 aliphatic carbocycles. The van der Waals surface area contributed by atoms with Crippen LogP contribution in [0.4, 0.5) is 4.39 Å². The number of carbonyl (C=O) groups is 1. The summed E-state index contributed by atoms with van der Waals surface area (Å²) in [5, 5.41) is 3.06. The molecule has 6 heteroatoms. The quantitative estimate of drug-likeness (QED) is 0.763. The first-order chi connectivity index (χ1) is 9.49. The number of benzene rings is 1. The monoisotopic (exact) mass is 284 g/mol. The van der Waals surface area contributed by atoms with Crippen LogP contribution in [0, 0.1) is 5.82 Å². The van der Waals surface area contributed by atoms with E-state index >= 15 is 0 Å². The summed E-state index contributed by atoms with van der Waals surface area (Å²) in [4.78, 5) is 13.8. The van der Waals surface area contributed by atoms with Crippen LogP contribution in [0.5, 0.6) is 5.75 Å². The van der Waals surface area contributed by atoms with E-state index in [0.29, 0.717) is 12.1 Å². The topological polar surface area (TPSA) is 50.8 Å². The Bertz CT molecular complexity index is 452. The molecule has 5 nitrogen and oxygen atoms in total. The van der Waals surface area contributed by atoms with Crippen molar-refractivity contribution in [2.45, 2.75) is 6.04 Å². The average Bonchev–Trinajstić information content (AvgIpc) is 2.42. The van der Waals surface area contributed by atoms with Crippen molar-refractivity contribution in [2.75, 3.05) is 41.4 Å². The van der Waals surface area contributed by atoms with Crippen molar-refractivity contribution in [1.82, 2.24) is 10.2 Å². The van der Waals surface area contributed by atoms with Gasteiger partial charge in [-0.25, -0.2) is 9.18 Å². The number of esters is 1. The standard InChI is InChI=1S/C14H21FN2O3/c1-17(2)8-7-16-13(14(18)20-4)10-5-6-12(19-3)11(15)9-10/h5-6,9,13,16H,7-8H2,1-4H3. The number of rotatable bonds is 7. The molecule has 0 fully saturated rings. The number of likely N-dealkylation sites (N-methyl/N-ethyl adjacent to an activating group) is 1. The van der Waals surface area contributed by atoms with E-state index in [0.717, 1.165) is 6.54 Å². The molecule has 1 aromatic rings. The molecule has 0 bridgehead atoms. The number of methoxy groups -OCH3 is 2. The lowest BCUT2D eigenvalue weighted by Crippen LogP contribution is -2.34. The molecule has 1 N–H and O–H groups in total. The maximum absolute atomic E-state index is 13.7. The molecular weight excluding hydrogens is 263 g/mol. The molecule has 0 amide bonds. The van der Waals surface area contributed by atoms with Gasteiger partial charge < -0.3 is 14.4 Å². The molecule has 0 saturated heterocycles. The molecule has 1 atom stereocenters. The van der Waals surface area contributed by atoms with E-state index in [2.05, 4.69) is 5.32 Å². The lowest BCUT2D eigenvalue weighted by atomic mass is 10.1. The van der Waals surface area contributed by atoms with E-state index < -0.39 is 17.8 Å². The van der Waals surface area contributed by atoms with Crippen LogP contribution in [0.1, 0.15) is 11.6 Å². The Kier molecular flexibility index (Phi) is 6.41. The Morgan fingerprint density at radius 3 is 2.60 bits per heavy atom. The lowest BCUT2D eigenvalue weighted by Gasteiger charge is -2.19. The summed E-state index contributed by atoms with van der Waals surface area (Å²) >= 11 is 0. The third-order valence-electron chi connectivity index (χ3n) is 2.85. The largest absolute Gasteiger partial charge is 0.494 e. The van der Waals surface area contributed by atoms with Gasteiger partial charge in [0.1, 0.15) is 6.04 Å². The van der Waals surface area contributed by atoms with Gasteiger partial charge in [0.05, 0.1) is 14.2 Å². The molecule has 0 aliphatic rings. The van der Waals surface area contributed by atoms with Crippen LogP contribution in [0.25, 0.3) is 0 Å². The first-order valence-corrected chi connectivity index (χ1v) is 6.29. The number of nitrogens with zero attached hydrogens (tertiary/aromatic N) is 1. The van der Waals surface area contributed by atoms with Crippen LogP contribution in [0.15, 0.2) is 18.2 Å². The van der Waals surface area contributed by atoms with E-state index in [1.54, 1.807) is 6.07 Å². The molecule has 0 aliphatic heterocycles. The minimum Gasteiger partial charge on any atom is -0.494 e. The van der Waals surface area contributed by atoms with Crippen LogP contribution in [-0.4, -0.2) is 52.3 Å². The summed E-state index contributed by atoms with van der Waals surface area (Å²) in [6.07, 6.45) is 0. The Morgan fingerprint density at radius 1 is 1.40 bits per heavy atom. The second-order valence-electron chi connectivity index (χ2n) is 4.61. The van der Waals surface area contributed by atoms with Gasteiger partial charge >= 0.3 is 5.97 Å². The number of hydrogen-bond acceptors (Lipinski definition) is 5. The molecule has 20 heavy (non-hydrogen) atoms. The SMILES string of the molecule is COC(=O)C(NCCN(C)C)c1ccc(OC)c(F)c1. The van der Waals surface area contributed by atoms with Crippen molar-refractivity contribution in [1.29, 1.82) is 0 Å². The molecule has 0 spiro atoms. The molecule has 0 aromatic heterocycles. The summed E-state index contributed by atoms with van der Waals surface area (Å²) in [6.45, 7) is 1.34. The smallest absolute Gasteiger partial charge is 0.327 e. The average molecular weight is 284 g/mol. The van der Waals surface area contributed by atoms with E-state index in [9.17, 15) is 9.18 Å². The molecular formula is C14H21FN2O3. The number of hydrogen-bond donors (Lipinski definition) is 1. The number of carbonyl (C=O) groups excluding carboxylic acids is 1. The zero-order valence-electron chi connectivity index (χ0n) is 12.3. The zero-order chi connectivity index (χ0) is 15.1. The summed E-state index contributed by atoms with van der Waals surface area (Å²) in [5.41, 5.74) is 0.508. The van der Waals surface area contributed by atoms with Gasteiger partial charge in [-0.2, -0.15) is 0 Å². The third-order valence-corrected chi connectivity index (χ3v) is 2.85. The molecule has 112 valence electrons. The van der Waals surface area contributed by atoms with Gasteiger partial charge in [0.2, 0.25) is 0 Å². The molecule has 1 rings (SSSR count). The highest BCUT2D eigenvalue weighted by Crippen LogP contribution is 2.22. The highest BCUT2D eigenvalue weighted by Gasteiger charge is 2.22. The van der Waals surface area contributed by atoms with Gasteiger partial charge in [-0.3, -0.25) is 5.32 Å². The predicted molar refractivity (Wildman–Crippen MR) is 74.3 cm³/mol. The second-order valence-corrected chi connectivity index (χ2v) is 4.61. The van der Waals surface area contributed by atoms with Crippen molar-refractivity contribution in [3.05, 3.63) is 29.6 Å². The van der Waals surface area contributed by atoms with E-state index in [1.165, 1.54) is 26.4 Å². The van der Waals surface area contributed by atoms with E-state index in [4.69, 9.17) is 9.47 Å². The highest BCUT2D eigenvalue weighted by atomic mass is 19.1. The fourth-order valence-corrected chi connectivity index (χ4v) is 1.75. The van der Waals surface area contributed by atoms with Crippen LogP contribution in [0.3, 0.4) is 0 Å². The summed E-state index contributed by atoms with van der Waals surface area (Å²) in [5.74, 6) is -0.813. The Hall–Kier alpha value is -1.66. The van der Waals surface area contributed by atoms with E-state index in [1.807, 2.05) is 19.0 Å². The number of halogens is 1. The van der Waals surface area contributed by atoms with Crippen LogP contribution < -0.4 is 10.1 Å². The fourth-order valence-electron chi connectivity index (χ4n) is 1.75. The minimum atomic E-state index is -0.694. The van der Waals surface area contributed by atoms with Gasteiger partial charge in [-0.1, -0.05) is 6.07 Å². The van der Waals surface area contributed by atoms with Crippen molar-refractivity contribution < 1.29 is 18.7 Å². The predicted octanol–water partition coefficient (Wildman–Crippen LogP) is 1.20. The van der Waals surface area contributed by atoms with Gasteiger partial charge in [0.25, 0.3) is 0 Å². The van der Waals surface area contributed by atoms with Crippen molar-refractivity contribution >= 4 is 5.97 Å². The number of ether oxygens (including phenoxy) is 2. The molecule has 0 heterocycles. The molecule has 1 unspecified atom stereocenters. The van der Waals surface area contributed by atoms with Gasteiger partial charge in [0.15, 0.2) is 11.6 Å². The van der Waals surface area contributed by atoms with Gasteiger partial charge in [-0.05, 0) is 31.8 Å². The van der Waals surface area contributed by atoms with E-state index in [-0.39, 0.29) is 5.75 Å².